The van der Waals surface area contributed by atoms with Crippen LogP contribution in [0.25, 0.3) is 0 Å². The van der Waals surface area contributed by atoms with Crippen LogP contribution in [0.1, 0.15) is 5.56 Å². The minimum absolute atomic E-state index is 0.0182. The van der Waals surface area contributed by atoms with Crippen LogP contribution in [0.15, 0.2) is 50.5 Å². The molecule has 4 nitrogen and oxygen atoms in total. The van der Waals surface area contributed by atoms with Crippen molar-refractivity contribution in [2.75, 3.05) is 0 Å². The highest BCUT2D eigenvalue weighted by Crippen LogP contribution is 2.32. The number of halogens is 3. The van der Waals surface area contributed by atoms with Crippen LogP contribution in [0.5, 0.6) is 11.5 Å². The zero-order valence-electron chi connectivity index (χ0n) is 9.98. The summed E-state index contributed by atoms with van der Waals surface area (Å²) in [5.74, 6) is 0.428. The Morgan fingerprint density at radius 1 is 1.15 bits per heavy atom. The molecule has 0 atom stereocenters. The van der Waals surface area contributed by atoms with Gasteiger partial charge in [0.25, 0.3) is 0 Å². The molecule has 7 heteroatoms. The molecule has 0 heterocycles. The van der Waals surface area contributed by atoms with E-state index in [9.17, 15) is 4.39 Å². The van der Waals surface area contributed by atoms with Gasteiger partial charge in [-0.3, -0.25) is 0 Å². The fraction of sp³-hybridized carbons (Fsp3) is 0. The lowest BCUT2D eigenvalue weighted by molar-refractivity contribution is 0.318. The van der Waals surface area contributed by atoms with Crippen molar-refractivity contribution in [2.24, 2.45) is 10.9 Å². The third-order valence-corrected chi connectivity index (χ3v) is 3.76. The molecule has 2 aromatic carbocycles. The van der Waals surface area contributed by atoms with Crippen molar-refractivity contribution in [1.29, 1.82) is 0 Å². The van der Waals surface area contributed by atoms with Gasteiger partial charge in [-0.05, 0) is 62.2 Å². The molecule has 0 fully saturated rings. The van der Waals surface area contributed by atoms with Gasteiger partial charge in [0.1, 0.15) is 17.3 Å². The van der Waals surface area contributed by atoms with Crippen molar-refractivity contribution < 1.29 is 14.3 Å². The predicted octanol–water partition coefficient (Wildman–Crippen LogP) is 4.24. The zero-order chi connectivity index (χ0) is 14.7. The average Bonchev–Trinajstić information content (AvgIpc) is 2.42. The number of rotatable bonds is 3. The summed E-state index contributed by atoms with van der Waals surface area (Å²) < 4.78 is 20.0. The fourth-order valence-electron chi connectivity index (χ4n) is 1.50. The van der Waals surface area contributed by atoms with Crippen LogP contribution in [0.3, 0.4) is 0 Å². The van der Waals surface area contributed by atoms with Gasteiger partial charge in [0.05, 0.1) is 4.47 Å². The first-order valence-corrected chi connectivity index (χ1v) is 7.00. The molecule has 0 amide bonds. The lowest BCUT2D eigenvalue weighted by Crippen LogP contribution is -2.13. The van der Waals surface area contributed by atoms with E-state index in [0.717, 1.165) is 0 Å². The van der Waals surface area contributed by atoms with E-state index in [1.54, 1.807) is 24.3 Å². The Hall–Kier alpha value is -1.60. The number of oxime groups is 1. The largest absolute Gasteiger partial charge is 0.456 e. The molecular formula is C13H9Br2FN2O2. The smallest absolute Gasteiger partial charge is 0.171 e. The summed E-state index contributed by atoms with van der Waals surface area (Å²) in [6, 6.07) is 9.07. The normalized spacial score (nSPS) is 11.4. The van der Waals surface area contributed by atoms with Crippen molar-refractivity contribution in [1.82, 2.24) is 0 Å². The summed E-state index contributed by atoms with van der Waals surface area (Å²) in [5, 5.41) is 11.6. The summed E-state index contributed by atoms with van der Waals surface area (Å²) in [4.78, 5) is 0. The van der Waals surface area contributed by atoms with Gasteiger partial charge in [0.15, 0.2) is 5.84 Å². The Labute approximate surface area is 131 Å². The molecule has 0 aliphatic carbocycles. The minimum atomic E-state index is -0.393. The Balaban J connectivity index is 2.31. The molecule has 0 aromatic heterocycles. The maximum atomic E-state index is 13.2. The molecule has 0 unspecified atom stereocenters. The minimum Gasteiger partial charge on any atom is -0.456 e. The van der Waals surface area contributed by atoms with Crippen LogP contribution in [0.2, 0.25) is 0 Å². The maximum absolute atomic E-state index is 13.2. The number of hydrogen-bond donors (Lipinski definition) is 2. The number of hydrogen-bond acceptors (Lipinski definition) is 3. The highest BCUT2D eigenvalue weighted by molar-refractivity contribution is 9.10. The molecule has 2 aromatic rings. The van der Waals surface area contributed by atoms with E-state index < -0.39 is 5.82 Å². The van der Waals surface area contributed by atoms with E-state index in [1.165, 1.54) is 12.1 Å². The summed E-state index contributed by atoms with van der Waals surface area (Å²) in [6.45, 7) is 0. The predicted molar refractivity (Wildman–Crippen MR) is 80.8 cm³/mol. The lowest BCUT2D eigenvalue weighted by Gasteiger charge is -2.10. The van der Waals surface area contributed by atoms with E-state index >= 15 is 0 Å². The van der Waals surface area contributed by atoms with Crippen LogP contribution in [-0.4, -0.2) is 11.0 Å². The Kier molecular flexibility index (Phi) is 4.61. The molecule has 0 saturated carbocycles. The quantitative estimate of drug-likeness (QED) is 0.348. The first-order chi connectivity index (χ1) is 9.51. The second-order valence-corrected chi connectivity index (χ2v) is 5.51. The standard InChI is InChI=1S/C13H9Br2FN2O2/c14-10-4-1-7(16)5-12(10)20-8-2-3-9(11(15)6-8)13(17)18-19/h1-6,19H,(H2,17,18). The van der Waals surface area contributed by atoms with E-state index in [-0.39, 0.29) is 5.84 Å². The average molecular weight is 404 g/mol. The number of amidine groups is 1. The number of benzene rings is 2. The van der Waals surface area contributed by atoms with Gasteiger partial charge in [0, 0.05) is 16.1 Å². The number of ether oxygens (including phenoxy) is 1. The molecule has 2 rings (SSSR count). The van der Waals surface area contributed by atoms with Gasteiger partial charge in [-0.2, -0.15) is 0 Å². The van der Waals surface area contributed by atoms with Crippen LogP contribution >= 0.6 is 31.9 Å². The second kappa shape index (κ2) is 6.23. The van der Waals surface area contributed by atoms with Crippen LogP contribution in [0, 0.1) is 5.82 Å². The van der Waals surface area contributed by atoms with Gasteiger partial charge in [0.2, 0.25) is 0 Å². The van der Waals surface area contributed by atoms with E-state index in [2.05, 4.69) is 37.0 Å². The van der Waals surface area contributed by atoms with Gasteiger partial charge in [-0.25, -0.2) is 4.39 Å². The molecule has 0 saturated heterocycles. The first-order valence-electron chi connectivity index (χ1n) is 5.41. The molecular weight excluding hydrogens is 395 g/mol. The number of nitrogens with zero attached hydrogens (tertiary/aromatic N) is 1. The summed E-state index contributed by atoms with van der Waals surface area (Å²) in [7, 11) is 0. The molecule has 0 spiro atoms. The lowest BCUT2D eigenvalue weighted by atomic mass is 10.2. The monoisotopic (exact) mass is 402 g/mol. The third kappa shape index (κ3) is 3.29. The first kappa shape index (κ1) is 14.8. The van der Waals surface area contributed by atoms with Crippen molar-refractivity contribution in [2.45, 2.75) is 0 Å². The van der Waals surface area contributed by atoms with Gasteiger partial charge in [-0.15, -0.1) is 0 Å². The van der Waals surface area contributed by atoms with E-state index in [4.69, 9.17) is 15.7 Å². The highest BCUT2D eigenvalue weighted by Gasteiger charge is 2.09. The Morgan fingerprint density at radius 2 is 1.90 bits per heavy atom. The van der Waals surface area contributed by atoms with Crippen molar-refractivity contribution in [3.8, 4) is 11.5 Å². The Bertz CT molecular complexity index is 677. The molecule has 0 aliphatic heterocycles. The van der Waals surface area contributed by atoms with Gasteiger partial charge < -0.3 is 15.7 Å². The van der Waals surface area contributed by atoms with Crippen LogP contribution in [-0.2, 0) is 0 Å². The van der Waals surface area contributed by atoms with E-state index in [1.807, 2.05) is 0 Å². The summed E-state index contributed by atoms with van der Waals surface area (Å²) in [6.07, 6.45) is 0. The number of nitrogens with two attached hydrogens (primary N) is 1. The van der Waals surface area contributed by atoms with Gasteiger partial charge in [-0.1, -0.05) is 5.16 Å². The van der Waals surface area contributed by atoms with Crippen LogP contribution < -0.4 is 10.5 Å². The van der Waals surface area contributed by atoms with Crippen LogP contribution in [0.4, 0.5) is 4.39 Å². The van der Waals surface area contributed by atoms with Crippen molar-refractivity contribution >= 4 is 37.7 Å². The molecule has 0 radical (unpaired) electrons. The molecule has 20 heavy (non-hydrogen) atoms. The zero-order valence-corrected chi connectivity index (χ0v) is 13.2. The molecule has 3 N–H and O–H groups in total. The summed E-state index contributed by atoms with van der Waals surface area (Å²) in [5.41, 5.74) is 6.04. The maximum Gasteiger partial charge on any atom is 0.171 e. The topological polar surface area (TPSA) is 67.8 Å². The van der Waals surface area contributed by atoms with E-state index in [0.29, 0.717) is 26.0 Å². The molecule has 104 valence electrons. The third-order valence-electron chi connectivity index (χ3n) is 2.45. The van der Waals surface area contributed by atoms with Crippen molar-refractivity contribution in [3.63, 3.8) is 0 Å². The fourth-order valence-corrected chi connectivity index (χ4v) is 2.39. The molecule has 0 bridgehead atoms. The second-order valence-electron chi connectivity index (χ2n) is 3.80. The highest BCUT2D eigenvalue weighted by atomic mass is 79.9. The Morgan fingerprint density at radius 3 is 2.55 bits per heavy atom. The summed E-state index contributed by atoms with van der Waals surface area (Å²) >= 11 is 6.58. The van der Waals surface area contributed by atoms with Crippen molar-refractivity contribution in [3.05, 3.63) is 56.7 Å². The molecule has 0 aliphatic rings. The van der Waals surface area contributed by atoms with Gasteiger partial charge >= 0.3 is 0 Å². The SMILES string of the molecule is N/C(=N/O)c1ccc(Oc2cc(F)ccc2Br)cc1Br.